The SMILES string of the molecule is O=C(O)CCNCC1C[N]C1. The van der Waals surface area contributed by atoms with Gasteiger partial charge < -0.3 is 10.4 Å². The van der Waals surface area contributed by atoms with Gasteiger partial charge in [0.2, 0.25) is 0 Å². The van der Waals surface area contributed by atoms with Crippen molar-refractivity contribution >= 4 is 5.97 Å². The molecule has 1 aliphatic heterocycles. The summed E-state index contributed by atoms with van der Waals surface area (Å²) in [5, 5.41) is 15.4. The van der Waals surface area contributed by atoms with Crippen LogP contribution < -0.4 is 10.6 Å². The van der Waals surface area contributed by atoms with Gasteiger partial charge >= 0.3 is 5.97 Å². The van der Waals surface area contributed by atoms with Crippen LogP contribution in [0.1, 0.15) is 6.42 Å². The van der Waals surface area contributed by atoms with Crippen LogP contribution in [0.25, 0.3) is 0 Å². The number of nitrogens with one attached hydrogen (secondary N) is 1. The standard InChI is InChI=1S/C7H13N2O2/c10-7(11)1-2-8-3-6-4-9-5-6/h6,8H,1-5H2,(H,10,11). The van der Waals surface area contributed by atoms with Crippen LogP contribution in [0.5, 0.6) is 0 Å². The fourth-order valence-corrected chi connectivity index (χ4v) is 0.942. The van der Waals surface area contributed by atoms with Crippen LogP contribution in [0.2, 0.25) is 0 Å². The highest BCUT2D eigenvalue weighted by Gasteiger charge is 2.16. The van der Waals surface area contributed by atoms with Crippen LogP contribution in [-0.2, 0) is 4.79 Å². The molecule has 0 aromatic carbocycles. The third kappa shape index (κ3) is 3.34. The van der Waals surface area contributed by atoms with Gasteiger partial charge in [-0.05, 0) is 5.92 Å². The molecule has 63 valence electrons. The Kier molecular flexibility index (Phi) is 3.32. The summed E-state index contributed by atoms with van der Waals surface area (Å²) >= 11 is 0. The van der Waals surface area contributed by atoms with E-state index < -0.39 is 5.97 Å². The second-order valence-electron chi connectivity index (χ2n) is 2.80. The third-order valence-electron chi connectivity index (χ3n) is 1.72. The molecule has 0 atom stereocenters. The van der Waals surface area contributed by atoms with E-state index in [2.05, 4.69) is 10.6 Å². The van der Waals surface area contributed by atoms with E-state index in [1.807, 2.05) is 0 Å². The normalized spacial score (nSPS) is 17.8. The van der Waals surface area contributed by atoms with Crippen molar-refractivity contribution < 1.29 is 9.90 Å². The summed E-state index contributed by atoms with van der Waals surface area (Å²) in [4.78, 5) is 10.1. The third-order valence-corrected chi connectivity index (χ3v) is 1.72. The molecule has 0 amide bonds. The predicted molar refractivity (Wildman–Crippen MR) is 40.5 cm³/mol. The highest BCUT2D eigenvalue weighted by Crippen LogP contribution is 2.01. The molecule has 0 aromatic heterocycles. The summed E-state index contributed by atoms with van der Waals surface area (Å²) in [5.74, 6) is -0.0837. The molecule has 1 rings (SSSR count). The number of aliphatic carboxylic acids is 1. The number of hydrogen-bond acceptors (Lipinski definition) is 2. The highest BCUT2D eigenvalue weighted by molar-refractivity contribution is 5.66. The zero-order valence-corrected chi connectivity index (χ0v) is 6.42. The first-order valence-corrected chi connectivity index (χ1v) is 3.85. The number of carbonyl (C=O) groups is 1. The highest BCUT2D eigenvalue weighted by atomic mass is 16.4. The van der Waals surface area contributed by atoms with Crippen LogP contribution in [0.4, 0.5) is 0 Å². The fraction of sp³-hybridized carbons (Fsp3) is 0.857. The van der Waals surface area contributed by atoms with Gasteiger partial charge in [-0.1, -0.05) is 0 Å². The number of rotatable bonds is 5. The Balaban J connectivity index is 1.83. The molecule has 0 aromatic rings. The molecule has 11 heavy (non-hydrogen) atoms. The van der Waals surface area contributed by atoms with E-state index >= 15 is 0 Å². The van der Waals surface area contributed by atoms with Gasteiger partial charge in [0.25, 0.3) is 0 Å². The predicted octanol–water partition coefficient (Wildman–Crippen LogP) is -0.715. The number of hydrogen-bond donors (Lipinski definition) is 2. The minimum Gasteiger partial charge on any atom is -0.481 e. The van der Waals surface area contributed by atoms with Crippen LogP contribution in [-0.4, -0.2) is 37.3 Å². The molecule has 4 heteroatoms. The van der Waals surface area contributed by atoms with Crippen molar-refractivity contribution in [3.05, 3.63) is 0 Å². The van der Waals surface area contributed by atoms with Crippen LogP contribution in [0, 0.1) is 5.92 Å². The quantitative estimate of drug-likeness (QED) is 0.518. The van der Waals surface area contributed by atoms with E-state index in [1.54, 1.807) is 0 Å². The van der Waals surface area contributed by atoms with Crippen molar-refractivity contribution in [2.75, 3.05) is 26.2 Å². The molecule has 0 saturated carbocycles. The molecular weight excluding hydrogens is 144 g/mol. The Morgan fingerprint density at radius 1 is 1.64 bits per heavy atom. The molecule has 0 aliphatic carbocycles. The van der Waals surface area contributed by atoms with E-state index in [0.29, 0.717) is 12.5 Å². The first-order valence-electron chi connectivity index (χ1n) is 3.85. The van der Waals surface area contributed by atoms with Crippen LogP contribution in [0.3, 0.4) is 0 Å². The lowest BCUT2D eigenvalue weighted by Crippen LogP contribution is -2.42. The minimum absolute atomic E-state index is 0.212. The van der Waals surface area contributed by atoms with E-state index in [4.69, 9.17) is 5.11 Å². The molecule has 0 spiro atoms. The van der Waals surface area contributed by atoms with Gasteiger partial charge in [0.15, 0.2) is 0 Å². The van der Waals surface area contributed by atoms with Gasteiger partial charge in [0.05, 0.1) is 6.42 Å². The van der Waals surface area contributed by atoms with Crippen LogP contribution >= 0.6 is 0 Å². The zero-order chi connectivity index (χ0) is 8.10. The molecule has 4 nitrogen and oxygen atoms in total. The average Bonchev–Trinajstić information content (AvgIpc) is 1.82. The molecule has 1 heterocycles. The maximum Gasteiger partial charge on any atom is 0.304 e. The zero-order valence-electron chi connectivity index (χ0n) is 6.42. The average molecular weight is 157 g/mol. The lowest BCUT2D eigenvalue weighted by atomic mass is 10.0. The maximum atomic E-state index is 10.1. The molecule has 1 radical (unpaired) electrons. The topological polar surface area (TPSA) is 63.4 Å². The molecule has 1 aliphatic rings. The lowest BCUT2D eigenvalue weighted by Gasteiger charge is -2.25. The lowest BCUT2D eigenvalue weighted by molar-refractivity contribution is -0.136. The van der Waals surface area contributed by atoms with E-state index in [-0.39, 0.29) is 6.42 Å². The first kappa shape index (κ1) is 8.49. The summed E-state index contributed by atoms with van der Waals surface area (Å²) in [6.45, 7) is 3.38. The molecule has 1 saturated heterocycles. The number of nitrogens with zero attached hydrogens (tertiary/aromatic N) is 1. The van der Waals surface area contributed by atoms with Gasteiger partial charge in [-0.15, -0.1) is 0 Å². The maximum absolute atomic E-state index is 10.1. The Hall–Kier alpha value is -0.610. The van der Waals surface area contributed by atoms with Crippen molar-refractivity contribution in [2.45, 2.75) is 6.42 Å². The van der Waals surface area contributed by atoms with E-state index in [0.717, 1.165) is 19.6 Å². The van der Waals surface area contributed by atoms with Gasteiger partial charge in [-0.3, -0.25) is 4.79 Å². The largest absolute Gasteiger partial charge is 0.481 e. The van der Waals surface area contributed by atoms with Gasteiger partial charge in [-0.25, -0.2) is 5.32 Å². The van der Waals surface area contributed by atoms with Crippen molar-refractivity contribution in [1.29, 1.82) is 0 Å². The Bertz CT molecular complexity index is 134. The summed E-state index contributed by atoms with van der Waals surface area (Å²) in [7, 11) is 0. The van der Waals surface area contributed by atoms with Gasteiger partial charge in [-0.2, -0.15) is 0 Å². The number of carboxylic acids is 1. The van der Waals surface area contributed by atoms with Crippen LogP contribution in [0.15, 0.2) is 0 Å². The Labute approximate surface area is 66.0 Å². The number of carboxylic acid groups (broad SMARTS) is 1. The Morgan fingerprint density at radius 3 is 2.82 bits per heavy atom. The van der Waals surface area contributed by atoms with Gasteiger partial charge in [0, 0.05) is 26.2 Å². The second-order valence-corrected chi connectivity index (χ2v) is 2.80. The smallest absolute Gasteiger partial charge is 0.304 e. The van der Waals surface area contributed by atoms with Crippen molar-refractivity contribution in [3.63, 3.8) is 0 Å². The molecule has 0 unspecified atom stereocenters. The van der Waals surface area contributed by atoms with Crippen molar-refractivity contribution in [2.24, 2.45) is 5.92 Å². The summed E-state index contributed by atoms with van der Waals surface area (Å²) < 4.78 is 0. The summed E-state index contributed by atoms with van der Waals surface area (Å²) in [5.41, 5.74) is 0. The summed E-state index contributed by atoms with van der Waals surface area (Å²) in [6.07, 6.45) is 0.212. The van der Waals surface area contributed by atoms with Crippen molar-refractivity contribution in [1.82, 2.24) is 10.6 Å². The molecule has 2 N–H and O–H groups in total. The molecular formula is C7H13N2O2. The fourth-order valence-electron chi connectivity index (χ4n) is 0.942. The van der Waals surface area contributed by atoms with Crippen molar-refractivity contribution in [3.8, 4) is 0 Å². The van der Waals surface area contributed by atoms with E-state index in [9.17, 15) is 4.79 Å². The molecule has 0 bridgehead atoms. The Morgan fingerprint density at radius 2 is 2.36 bits per heavy atom. The van der Waals surface area contributed by atoms with Gasteiger partial charge in [0.1, 0.15) is 0 Å². The monoisotopic (exact) mass is 157 g/mol. The van der Waals surface area contributed by atoms with E-state index in [1.165, 1.54) is 0 Å². The molecule has 1 fully saturated rings. The second kappa shape index (κ2) is 4.31. The first-order chi connectivity index (χ1) is 5.29. The minimum atomic E-state index is -0.740. The summed E-state index contributed by atoms with van der Waals surface area (Å²) in [6, 6.07) is 0.